The molecular formula is C14H25N3O4. The Morgan fingerprint density at radius 1 is 1.14 bits per heavy atom. The van der Waals surface area contributed by atoms with E-state index < -0.39 is 0 Å². The molecule has 120 valence electrons. The number of carbonyl (C=O) groups excluding carboxylic acids is 1. The summed E-state index contributed by atoms with van der Waals surface area (Å²) < 4.78 is 17.7. The van der Waals surface area contributed by atoms with Gasteiger partial charge in [-0.2, -0.15) is 0 Å². The van der Waals surface area contributed by atoms with Crippen molar-refractivity contribution in [2.45, 2.75) is 26.9 Å². The Balaban J connectivity index is 1.83. The lowest BCUT2D eigenvalue weighted by Crippen LogP contribution is -2.13. The van der Waals surface area contributed by atoms with Crippen LogP contribution in [0.1, 0.15) is 26.0 Å². The smallest absolute Gasteiger partial charge is 0.137 e. The number of ether oxygens (including phenoxy) is 3. The van der Waals surface area contributed by atoms with E-state index in [1.165, 1.54) is 0 Å². The second kappa shape index (κ2) is 10.4. The monoisotopic (exact) mass is 299 g/mol. The molecule has 0 aliphatic rings. The summed E-state index contributed by atoms with van der Waals surface area (Å²) in [5, 5.41) is 7.72. The van der Waals surface area contributed by atoms with Crippen LogP contribution in [0.4, 0.5) is 0 Å². The zero-order valence-corrected chi connectivity index (χ0v) is 13.1. The van der Waals surface area contributed by atoms with Crippen molar-refractivity contribution >= 4 is 5.78 Å². The molecule has 1 rings (SSSR count). The highest BCUT2D eigenvalue weighted by Crippen LogP contribution is 1.98. The Labute approximate surface area is 125 Å². The predicted molar refractivity (Wildman–Crippen MR) is 76.8 cm³/mol. The number of rotatable bonds is 12. The first kappa shape index (κ1) is 17.7. The van der Waals surface area contributed by atoms with Gasteiger partial charge in [-0.05, 0) is 0 Å². The number of aromatic nitrogens is 3. The average molecular weight is 299 g/mol. The molecule has 0 bridgehead atoms. The Hall–Kier alpha value is -1.31. The van der Waals surface area contributed by atoms with E-state index in [2.05, 4.69) is 10.3 Å². The molecule has 0 aliphatic carbocycles. The summed E-state index contributed by atoms with van der Waals surface area (Å²) in [5.74, 6) is 0.310. The molecule has 21 heavy (non-hydrogen) atoms. The van der Waals surface area contributed by atoms with Gasteiger partial charge < -0.3 is 14.2 Å². The Morgan fingerprint density at radius 2 is 1.76 bits per heavy atom. The third kappa shape index (κ3) is 8.54. The Kier molecular flexibility index (Phi) is 8.80. The molecule has 0 saturated carbocycles. The molecular weight excluding hydrogens is 274 g/mol. The van der Waals surface area contributed by atoms with Crippen molar-refractivity contribution in [3.8, 4) is 0 Å². The van der Waals surface area contributed by atoms with Crippen LogP contribution in [0.3, 0.4) is 0 Å². The van der Waals surface area contributed by atoms with Crippen LogP contribution in [0.5, 0.6) is 0 Å². The van der Waals surface area contributed by atoms with E-state index in [0.29, 0.717) is 46.1 Å². The third-order valence-corrected chi connectivity index (χ3v) is 2.78. The summed E-state index contributed by atoms with van der Waals surface area (Å²) in [6.07, 6.45) is 2.28. The lowest BCUT2D eigenvalue weighted by Gasteiger charge is -2.07. The second-order valence-electron chi connectivity index (χ2n) is 5.03. The zero-order chi connectivity index (χ0) is 15.5. The highest BCUT2D eigenvalue weighted by atomic mass is 16.5. The largest absolute Gasteiger partial charge is 0.379 e. The SMILES string of the molecule is CC(C)C(=O)CCOCCOCCOCc1cn(C)nn1. The number of Topliss-reactive ketones (excluding diaryl/α,β-unsaturated/α-hetero) is 1. The van der Waals surface area contributed by atoms with Gasteiger partial charge in [0.1, 0.15) is 11.5 Å². The summed E-state index contributed by atoms with van der Waals surface area (Å²) in [5.41, 5.74) is 0.802. The fourth-order valence-electron chi connectivity index (χ4n) is 1.54. The van der Waals surface area contributed by atoms with Crippen molar-refractivity contribution < 1.29 is 19.0 Å². The fourth-order valence-corrected chi connectivity index (χ4v) is 1.54. The van der Waals surface area contributed by atoms with Gasteiger partial charge in [0.05, 0.1) is 45.8 Å². The van der Waals surface area contributed by atoms with Gasteiger partial charge in [0.15, 0.2) is 0 Å². The minimum Gasteiger partial charge on any atom is -0.379 e. The fraction of sp³-hybridized carbons (Fsp3) is 0.786. The molecule has 0 saturated heterocycles. The van der Waals surface area contributed by atoms with E-state index in [1.807, 2.05) is 27.1 Å². The number of ketones is 1. The van der Waals surface area contributed by atoms with Crippen LogP contribution in [0.15, 0.2) is 6.20 Å². The Bertz CT molecular complexity index is 407. The van der Waals surface area contributed by atoms with Gasteiger partial charge in [0, 0.05) is 19.4 Å². The maximum atomic E-state index is 11.3. The van der Waals surface area contributed by atoms with Crippen LogP contribution in [0.2, 0.25) is 0 Å². The zero-order valence-electron chi connectivity index (χ0n) is 13.1. The minimum absolute atomic E-state index is 0.0799. The van der Waals surface area contributed by atoms with Crippen LogP contribution in [-0.2, 0) is 32.7 Å². The molecule has 1 aromatic rings. The molecule has 0 radical (unpaired) electrons. The first-order valence-corrected chi connectivity index (χ1v) is 7.20. The molecule has 0 unspecified atom stereocenters. The molecule has 0 amide bonds. The van der Waals surface area contributed by atoms with E-state index in [9.17, 15) is 4.79 Å². The molecule has 7 heteroatoms. The van der Waals surface area contributed by atoms with Gasteiger partial charge in [0.25, 0.3) is 0 Å². The number of carbonyl (C=O) groups is 1. The van der Waals surface area contributed by atoms with Crippen molar-refractivity contribution in [2.24, 2.45) is 13.0 Å². The van der Waals surface area contributed by atoms with Crippen LogP contribution in [-0.4, -0.2) is 53.8 Å². The number of aryl methyl sites for hydroxylation is 1. The van der Waals surface area contributed by atoms with E-state index in [1.54, 1.807) is 4.68 Å². The van der Waals surface area contributed by atoms with Crippen molar-refractivity contribution in [3.05, 3.63) is 11.9 Å². The molecule has 0 atom stereocenters. The second-order valence-corrected chi connectivity index (χ2v) is 5.03. The van der Waals surface area contributed by atoms with E-state index in [-0.39, 0.29) is 11.7 Å². The quantitative estimate of drug-likeness (QED) is 0.536. The molecule has 0 N–H and O–H groups in total. The lowest BCUT2D eigenvalue weighted by molar-refractivity contribution is -0.123. The van der Waals surface area contributed by atoms with Crippen molar-refractivity contribution in [1.29, 1.82) is 0 Å². The molecule has 1 heterocycles. The summed E-state index contributed by atoms with van der Waals surface area (Å²) in [6, 6.07) is 0. The third-order valence-electron chi connectivity index (χ3n) is 2.78. The summed E-state index contributed by atoms with van der Waals surface area (Å²) in [7, 11) is 1.81. The lowest BCUT2D eigenvalue weighted by atomic mass is 10.1. The molecule has 0 aliphatic heterocycles. The maximum Gasteiger partial charge on any atom is 0.137 e. The number of hydrogen-bond acceptors (Lipinski definition) is 6. The molecule has 1 aromatic heterocycles. The molecule has 0 spiro atoms. The van der Waals surface area contributed by atoms with Gasteiger partial charge in [-0.25, -0.2) is 0 Å². The van der Waals surface area contributed by atoms with E-state index in [0.717, 1.165) is 5.69 Å². The standard InChI is InChI=1S/C14H25N3O4/c1-12(2)14(18)4-5-19-6-7-20-8-9-21-11-13-10-17(3)16-15-13/h10,12H,4-9,11H2,1-3H3. The van der Waals surface area contributed by atoms with E-state index in [4.69, 9.17) is 14.2 Å². The highest BCUT2D eigenvalue weighted by molar-refractivity contribution is 5.80. The van der Waals surface area contributed by atoms with Gasteiger partial charge in [-0.15, -0.1) is 5.10 Å². The van der Waals surface area contributed by atoms with Gasteiger partial charge in [0.2, 0.25) is 0 Å². The van der Waals surface area contributed by atoms with Crippen LogP contribution in [0.25, 0.3) is 0 Å². The Morgan fingerprint density at radius 3 is 2.33 bits per heavy atom. The first-order chi connectivity index (χ1) is 10.1. The summed E-state index contributed by atoms with van der Waals surface area (Å²) in [4.78, 5) is 11.3. The van der Waals surface area contributed by atoms with Crippen LogP contribution >= 0.6 is 0 Å². The number of nitrogens with zero attached hydrogens (tertiary/aromatic N) is 3. The van der Waals surface area contributed by atoms with Gasteiger partial charge in [-0.3, -0.25) is 9.48 Å². The minimum atomic E-state index is 0.0799. The molecule has 0 aromatic carbocycles. The highest BCUT2D eigenvalue weighted by Gasteiger charge is 2.06. The summed E-state index contributed by atoms with van der Waals surface area (Å²) in [6.45, 7) is 6.70. The molecule has 0 fully saturated rings. The van der Waals surface area contributed by atoms with Crippen LogP contribution in [0, 0.1) is 5.92 Å². The summed E-state index contributed by atoms with van der Waals surface area (Å²) >= 11 is 0. The van der Waals surface area contributed by atoms with Crippen molar-refractivity contribution in [3.63, 3.8) is 0 Å². The first-order valence-electron chi connectivity index (χ1n) is 7.20. The van der Waals surface area contributed by atoms with Crippen LogP contribution < -0.4 is 0 Å². The van der Waals surface area contributed by atoms with E-state index >= 15 is 0 Å². The van der Waals surface area contributed by atoms with Crippen molar-refractivity contribution in [1.82, 2.24) is 15.0 Å². The maximum absolute atomic E-state index is 11.3. The van der Waals surface area contributed by atoms with Gasteiger partial charge in [-0.1, -0.05) is 19.1 Å². The topological polar surface area (TPSA) is 75.5 Å². The predicted octanol–water partition coefficient (Wildman–Crippen LogP) is 0.980. The normalized spacial score (nSPS) is 11.2. The average Bonchev–Trinajstić information content (AvgIpc) is 2.86. The van der Waals surface area contributed by atoms with Crippen molar-refractivity contribution in [2.75, 3.05) is 33.0 Å². The number of hydrogen-bond donors (Lipinski definition) is 0. The van der Waals surface area contributed by atoms with Gasteiger partial charge >= 0.3 is 0 Å². The molecule has 7 nitrogen and oxygen atoms in total.